The number of hydrogen-bond acceptors (Lipinski definition) is 3. The highest BCUT2D eigenvalue weighted by atomic mass is 16.5. The summed E-state index contributed by atoms with van der Waals surface area (Å²) in [4.78, 5) is 13.4. The van der Waals surface area contributed by atoms with E-state index in [0.29, 0.717) is 13.1 Å². The van der Waals surface area contributed by atoms with Crippen LogP contribution in [0.3, 0.4) is 0 Å². The number of nitrogens with two attached hydrogens (primary N) is 1. The number of ether oxygens (including phenoxy) is 1. The molecule has 0 aromatic heterocycles. The van der Waals surface area contributed by atoms with Crippen molar-refractivity contribution in [2.75, 3.05) is 24.6 Å². The van der Waals surface area contributed by atoms with E-state index in [-0.39, 0.29) is 12.5 Å². The van der Waals surface area contributed by atoms with Gasteiger partial charge in [-0.3, -0.25) is 4.79 Å². The van der Waals surface area contributed by atoms with Crippen molar-refractivity contribution in [1.29, 1.82) is 0 Å². The maximum atomic E-state index is 11.6. The van der Waals surface area contributed by atoms with Crippen molar-refractivity contribution in [2.45, 2.75) is 6.42 Å². The molecule has 1 aromatic carbocycles. The molecule has 80 valence electrons. The van der Waals surface area contributed by atoms with Gasteiger partial charge < -0.3 is 15.4 Å². The summed E-state index contributed by atoms with van der Waals surface area (Å²) < 4.78 is 5.32. The van der Waals surface area contributed by atoms with Crippen LogP contribution in [0.1, 0.15) is 6.42 Å². The van der Waals surface area contributed by atoms with Crippen molar-refractivity contribution < 1.29 is 9.53 Å². The molecule has 1 amide bonds. The zero-order valence-electron chi connectivity index (χ0n) is 8.48. The van der Waals surface area contributed by atoms with Gasteiger partial charge in [0, 0.05) is 6.54 Å². The van der Waals surface area contributed by atoms with Crippen molar-refractivity contribution in [3.8, 4) is 5.75 Å². The van der Waals surface area contributed by atoms with Crippen LogP contribution in [0, 0.1) is 0 Å². The van der Waals surface area contributed by atoms with Crippen molar-refractivity contribution in [3.05, 3.63) is 24.3 Å². The molecule has 1 aliphatic rings. The predicted octanol–water partition coefficient (Wildman–Crippen LogP) is 0.761. The summed E-state index contributed by atoms with van der Waals surface area (Å²) in [7, 11) is 0. The van der Waals surface area contributed by atoms with Crippen LogP contribution in [0.4, 0.5) is 5.69 Å². The minimum atomic E-state index is 0.00199. The van der Waals surface area contributed by atoms with E-state index in [9.17, 15) is 4.79 Å². The van der Waals surface area contributed by atoms with Crippen LogP contribution < -0.4 is 15.4 Å². The van der Waals surface area contributed by atoms with E-state index >= 15 is 0 Å². The Balaban J connectivity index is 2.25. The first kappa shape index (κ1) is 9.98. The van der Waals surface area contributed by atoms with Gasteiger partial charge >= 0.3 is 0 Å². The third-order valence-electron chi connectivity index (χ3n) is 2.39. The molecule has 4 nitrogen and oxygen atoms in total. The Morgan fingerprint density at radius 2 is 2.20 bits per heavy atom. The Hall–Kier alpha value is -1.55. The predicted molar refractivity (Wildman–Crippen MR) is 58.0 cm³/mol. The average molecular weight is 206 g/mol. The minimum absolute atomic E-state index is 0.00199. The van der Waals surface area contributed by atoms with Gasteiger partial charge in [-0.1, -0.05) is 12.1 Å². The first-order chi connectivity index (χ1) is 7.33. The summed E-state index contributed by atoms with van der Waals surface area (Å²) >= 11 is 0. The smallest absolute Gasteiger partial charge is 0.265 e. The second-order valence-electron chi connectivity index (χ2n) is 3.44. The molecule has 1 aromatic rings. The molecule has 0 radical (unpaired) electrons. The monoisotopic (exact) mass is 206 g/mol. The van der Waals surface area contributed by atoms with Gasteiger partial charge in [0.1, 0.15) is 5.75 Å². The molecule has 0 saturated heterocycles. The van der Waals surface area contributed by atoms with Crippen molar-refractivity contribution in [3.63, 3.8) is 0 Å². The van der Waals surface area contributed by atoms with E-state index in [2.05, 4.69) is 0 Å². The molecule has 1 aliphatic heterocycles. The fourth-order valence-electron chi connectivity index (χ4n) is 1.65. The van der Waals surface area contributed by atoms with E-state index in [0.717, 1.165) is 17.9 Å². The minimum Gasteiger partial charge on any atom is -0.482 e. The molecule has 4 heteroatoms. The quantitative estimate of drug-likeness (QED) is 0.794. The number of nitrogens with zero attached hydrogens (tertiary/aromatic N) is 1. The summed E-state index contributed by atoms with van der Waals surface area (Å²) in [5.74, 6) is 0.774. The number of amides is 1. The average Bonchev–Trinajstić information content (AvgIpc) is 2.28. The maximum absolute atomic E-state index is 11.6. The number of anilines is 1. The standard InChI is InChI=1S/C11H14N2O2/c12-6-3-7-13-9-4-1-2-5-10(9)15-8-11(13)14/h1-2,4-5H,3,6-8,12H2. The zero-order chi connectivity index (χ0) is 10.7. The highest BCUT2D eigenvalue weighted by Gasteiger charge is 2.23. The first-order valence-corrected chi connectivity index (χ1v) is 5.05. The topological polar surface area (TPSA) is 55.6 Å². The van der Waals surface area contributed by atoms with Crippen LogP contribution in [-0.2, 0) is 4.79 Å². The molecule has 0 atom stereocenters. The summed E-state index contributed by atoms with van der Waals surface area (Å²) in [5, 5.41) is 0. The molecule has 2 N–H and O–H groups in total. The van der Waals surface area contributed by atoms with Crippen LogP contribution in [-0.4, -0.2) is 25.6 Å². The van der Waals surface area contributed by atoms with Gasteiger partial charge in [-0.2, -0.15) is 0 Å². The zero-order valence-corrected chi connectivity index (χ0v) is 8.48. The number of carbonyl (C=O) groups excluding carboxylic acids is 1. The van der Waals surface area contributed by atoms with E-state index < -0.39 is 0 Å². The lowest BCUT2D eigenvalue weighted by molar-refractivity contribution is -0.121. The van der Waals surface area contributed by atoms with E-state index in [1.54, 1.807) is 4.90 Å². The Morgan fingerprint density at radius 3 is 3.00 bits per heavy atom. The van der Waals surface area contributed by atoms with E-state index in [1.807, 2.05) is 24.3 Å². The first-order valence-electron chi connectivity index (χ1n) is 5.05. The van der Waals surface area contributed by atoms with Gasteiger partial charge in [0.05, 0.1) is 5.69 Å². The summed E-state index contributed by atoms with van der Waals surface area (Å²) in [6.07, 6.45) is 0.806. The number of hydrogen-bond donors (Lipinski definition) is 1. The Morgan fingerprint density at radius 1 is 1.40 bits per heavy atom. The molecule has 2 rings (SSSR count). The molecule has 0 unspecified atom stereocenters. The van der Waals surface area contributed by atoms with Crippen LogP contribution in [0.5, 0.6) is 5.75 Å². The van der Waals surface area contributed by atoms with Gasteiger partial charge in [-0.25, -0.2) is 0 Å². The third-order valence-corrected chi connectivity index (χ3v) is 2.39. The fourth-order valence-corrected chi connectivity index (χ4v) is 1.65. The van der Waals surface area contributed by atoms with Crippen LogP contribution >= 0.6 is 0 Å². The number of fused-ring (bicyclic) bond motifs is 1. The molecule has 1 heterocycles. The largest absolute Gasteiger partial charge is 0.482 e. The fraction of sp³-hybridized carbons (Fsp3) is 0.364. The number of rotatable bonds is 3. The van der Waals surface area contributed by atoms with Gasteiger partial charge in [-0.05, 0) is 25.1 Å². The molecule has 15 heavy (non-hydrogen) atoms. The second-order valence-corrected chi connectivity index (χ2v) is 3.44. The molecular formula is C11H14N2O2. The van der Waals surface area contributed by atoms with Crippen LogP contribution in [0.2, 0.25) is 0 Å². The Labute approximate surface area is 88.6 Å². The summed E-state index contributed by atoms with van der Waals surface area (Å²) in [6.45, 7) is 1.38. The number of carbonyl (C=O) groups is 1. The van der Waals surface area contributed by atoms with E-state index in [4.69, 9.17) is 10.5 Å². The SMILES string of the molecule is NCCCN1C(=O)COc2ccccc21. The lowest BCUT2D eigenvalue weighted by Gasteiger charge is -2.29. The molecule has 0 saturated carbocycles. The molecule has 0 bridgehead atoms. The van der Waals surface area contributed by atoms with Crippen molar-refractivity contribution in [1.82, 2.24) is 0 Å². The summed E-state index contributed by atoms with van der Waals surface area (Å²) in [5.41, 5.74) is 6.29. The van der Waals surface area contributed by atoms with Crippen LogP contribution in [0.15, 0.2) is 24.3 Å². The van der Waals surface area contributed by atoms with Crippen molar-refractivity contribution >= 4 is 11.6 Å². The number of benzene rings is 1. The summed E-state index contributed by atoms with van der Waals surface area (Å²) in [6, 6.07) is 7.56. The van der Waals surface area contributed by atoms with E-state index in [1.165, 1.54) is 0 Å². The van der Waals surface area contributed by atoms with Crippen molar-refractivity contribution in [2.24, 2.45) is 5.73 Å². The molecule has 0 spiro atoms. The number of para-hydroxylation sites is 2. The third kappa shape index (κ3) is 1.94. The van der Waals surface area contributed by atoms with Gasteiger partial charge in [-0.15, -0.1) is 0 Å². The maximum Gasteiger partial charge on any atom is 0.265 e. The second kappa shape index (κ2) is 4.31. The Kier molecular flexibility index (Phi) is 2.87. The highest BCUT2D eigenvalue weighted by Crippen LogP contribution is 2.31. The van der Waals surface area contributed by atoms with Crippen LogP contribution in [0.25, 0.3) is 0 Å². The van der Waals surface area contributed by atoms with Gasteiger partial charge in [0.2, 0.25) is 0 Å². The van der Waals surface area contributed by atoms with Gasteiger partial charge in [0.15, 0.2) is 6.61 Å². The molecular weight excluding hydrogens is 192 g/mol. The normalized spacial score (nSPS) is 14.7. The van der Waals surface area contributed by atoms with Gasteiger partial charge in [0.25, 0.3) is 5.91 Å². The molecule has 0 aliphatic carbocycles. The highest BCUT2D eigenvalue weighted by molar-refractivity contribution is 5.97. The Bertz CT molecular complexity index is 365. The lowest BCUT2D eigenvalue weighted by atomic mass is 10.2. The molecule has 0 fully saturated rings. The lowest BCUT2D eigenvalue weighted by Crippen LogP contribution is -2.39.